The smallest absolute Gasteiger partial charge is 0.257 e. The maximum atomic E-state index is 12.1. The van der Waals surface area contributed by atoms with Crippen molar-refractivity contribution in [3.8, 4) is 0 Å². The minimum atomic E-state index is -3.78. The number of hydrogen-bond acceptors (Lipinski definition) is 5. The molecule has 3 rings (SSSR count). The van der Waals surface area contributed by atoms with Crippen LogP contribution in [0.1, 0.15) is 10.4 Å². The number of sulfonamides is 1. The highest BCUT2D eigenvalue weighted by Crippen LogP contribution is 2.28. The number of anilines is 1. The molecule has 0 unspecified atom stereocenters. The standard InChI is InChI=1S/C14H10ClN3O3S2/c15-9-3-1-8(2-4-9)13(19)18-14-17-11-6-5-10(23(16,20)21)7-12(11)22-14/h1-7H,(H2,16,20,21)(H,17,18,19). The van der Waals surface area contributed by atoms with Gasteiger partial charge in [-0.1, -0.05) is 22.9 Å². The topological polar surface area (TPSA) is 102 Å². The lowest BCUT2D eigenvalue weighted by Crippen LogP contribution is -2.11. The maximum absolute atomic E-state index is 12.1. The molecule has 118 valence electrons. The number of nitrogens with one attached hydrogen (secondary N) is 1. The first-order chi connectivity index (χ1) is 10.8. The van der Waals surface area contributed by atoms with E-state index in [1.165, 1.54) is 12.1 Å². The zero-order valence-corrected chi connectivity index (χ0v) is 13.9. The molecule has 23 heavy (non-hydrogen) atoms. The second kappa shape index (κ2) is 5.89. The fourth-order valence-corrected chi connectivity index (χ4v) is 3.55. The van der Waals surface area contributed by atoms with E-state index in [9.17, 15) is 13.2 Å². The van der Waals surface area contributed by atoms with Gasteiger partial charge in [-0.15, -0.1) is 0 Å². The van der Waals surface area contributed by atoms with Crippen molar-refractivity contribution >= 4 is 54.2 Å². The quantitative estimate of drug-likeness (QED) is 0.742. The van der Waals surface area contributed by atoms with Crippen molar-refractivity contribution in [1.29, 1.82) is 0 Å². The largest absolute Gasteiger partial charge is 0.298 e. The van der Waals surface area contributed by atoms with E-state index >= 15 is 0 Å². The summed E-state index contributed by atoms with van der Waals surface area (Å²) >= 11 is 6.94. The van der Waals surface area contributed by atoms with Gasteiger partial charge in [-0.05, 0) is 42.5 Å². The lowest BCUT2D eigenvalue weighted by molar-refractivity contribution is 0.102. The number of thiazole rings is 1. The number of halogens is 1. The molecule has 0 radical (unpaired) electrons. The van der Waals surface area contributed by atoms with Gasteiger partial charge in [0.1, 0.15) is 0 Å². The van der Waals surface area contributed by atoms with Crippen LogP contribution in [0.4, 0.5) is 5.13 Å². The van der Waals surface area contributed by atoms with Crippen LogP contribution in [0.5, 0.6) is 0 Å². The van der Waals surface area contributed by atoms with E-state index in [-0.39, 0.29) is 10.8 Å². The Morgan fingerprint density at radius 3 is 2.52 bits per heavy atom. The van der Waals surface area contributed by atoms with E-state index in [0.29, 0.717) is 25.9 Å². The van der Waals surface area contributed by atoms with Gasteiger partial charge in [0.05, 0.1) is 15.1 Å². The predicted molar refractivity (Wildman–Crippen MR) is 90.4 cm³/mol. The van der Waals surface area contributed by atoms with E-state index < -0.39 is 10.0 Å². The highest BCUT2D eigenvalue weighted by Gasteiger charge is 2.13. The van der Waals surface area contributed by atoms with Crippen LogP contribution in [0.2, 0.25) is 5.02 Å². The fourth-order valence-electron chi connectivity index (χ4n) is 1.91. The number of hydrogen-bond donors (Lipinski definition) is 2. The Balaban J connectivity index is 1.89. The highest BCUT2D eigenvalue weighted by molar-refractivity contribution is 7.89. The Morgan fingerprint density at radius 2 is 1.87 bits per heavy atom. The second-order valence-electron chi connectivity index (χ2n) is 4.65. The summed E-state index contributed by atoms with van der Waals surface area (Å²) in [7, 11) is -3.78. The SMILES string of the molecule is NS(=O)(=O)c1ccc2nc(NC(=O)c3ccc(Cl)cc3)sc2c1. The molecular formula is C14H10ClN3O3S2. The van der Waals surface area contributed by atoms with E-state index in [4.69, 9.17) is 16.7 Å². The molecule has 1 aromatic heterocycles. The summed E-state index contributed by atoms with van der Waals surface area (Å²) in [6.45, 7) is 0. The minimum absolute atomic E-state index is 0.00391. The Kier molecular flexibility index (Phi) is 4.07. The van der Waals surface area contributed by atoms with Gasteiger partial charge >= 0.3 is 0 Å². The molecule has 0 fully saturated rings. The third-order valence-electron chi connectivity index (χ3n) is 3.02. The monoisotopic (exact) mass is 367 g/mol. The van der Waals surface area contributed by atoms with Gasteiger partial charge in [-0.2, -0.15) is 0 Å². The lowest BCUT2D eigenvalue weighted by atomic mass is 10.2. The average molecular weight is 368 g/mol. The molecular weight excluding hydrogens is 358 g/mol. The molecule has 0 atom stereocenters. The number of rotatable bonds is 3. The van der Waals surface area contributed by atoms with Gasteiger partial charge in [0, 0.05) is 10.6 Å². The molecule has 1 amide bonds. The normalized spacial score (nSPS) is 11.6. The highest BCUT2D eigenvalue weighted by atomic mass is 35.5. The minimum Gasteiger partial charge on any atom is -0.298 e. The third kappa shape index (κ3) is 3.50. The van der Waals surface area contributed by atoms with Crippen LogP contribution < -0.4 is 10.5 Å². The Bertz CT molecular complexity index is 998. The molecule has 0 bridgehead atoms. The number of nitrogens with zero attached hydrogens (tertiary/aromatic N) is 1. The van der Waals surface area contributed by atoms with Crippen LogP contribution >= 0.6 is 22.9 Å². The van der Waals surface area contributed by atoms with Gasteiger partial charge in [0.25, 0.3) is 5.91 Å². The van der Waals surface area contributed by atoms with Crippen molar-refractivity contribution in [1.82, 2.24) is 4.98 Å². The van der Waals surface area contributed by atoms with Crippen LogP contribution in [0.25, 0.3) is 10.2 Å². The van der Waals surface area contributed by atoms with Crippen molar-refractivity contribution in [2.24, 2.45) is 5.14 Å². The molecule has 0 spiro atoms. The van der Waals surface area contributed by atoms with Crippen molar-refractivity contribution in [3.05, 3.63) is 53.1 Å². The summed E-state index contributed by atoms with van der Waals surface area (Å²) in [6, 6.07) is 10.8. The van der Waals surface area contributed by atoms with Gasteiger partial charge in [-0.25, -0.2) is 18.5 Å². The van der Waals surface area contributed by atoms with Crippen LogP contribution in [-0.2, 0) is 10.0 Å². The van der Waals surface area contributed by atoms with E-state index in [1.54, 1.807) is 30.3 Å². The first kappa shape index (κ1) is 15.9. The maximum Gasteiger partial charge on any atom is 0.257 e. The summed E-state index contributed by atoms with van der Waals surface area (Å²) in [5.74, 6) is -0.326. The molecule has 0 aliphatic rings. The number of benzene rings is 2. The molecule has 9 heteroatoms. The molecule has 2 aromatic carbocycles. The molecule has 3 N–H and O–H groups in total. The van der Waals surface area contributed by atoms with Gasteiger partial charge in [0.2, 0.25) is 10.0 Å². The van der Waals surface area contributed by atoms with Gasteiger partial charge in [-0.3, -0.25) is 10.1 Å². The van der Waals surface area contributed by atoms with Gasteiger partial charge in [0.15, 0.2) is 5.13 Å². The number of primary sulfonamides is 1. The second-order valence-corrected chi connectivity index (χ2v) is 7.68. The van der Waals surface area contributed by atoms with Crippen molar-refractivity contribution in [3.63, 3.8) is 0 Å². The number of fused-ring (bicyclic) bond motifs is 1. The number of nitrogens with two attached hydrogens (primary N) is 1. The number of amides is 1. The Morgan fingerprint density at radius 1 is 1.17 bits per heavy atom. The summed E-state index contributed by atoms with van der Waals surface area (Å²) in [5.41, 5.74) is 1.02. The van der Waals surface area contributed by atoms with E-state index in [2.05, 4.69) is 10.3 Å². The average Bonchev–Trinajstić information content (AvgIpc) is 2.88. The van der Waals surface area contributed by atoms with Crippen LogP contribution in [0, 0.1) is 0 Å². The first-order valence-electron chi connectivity index (χ1n) is 6.33. The lowest BCUT2D eigenvalue weighted by Gasteiger charge is -2.01. The predicted octanol–water partition coefficient (Wildman–Crippen LogP) is 2.85. The molecule has 0 aliphatic carbocycles. The van der Waals surface area contributed by atoms with Gasteiger partial charge < -0.3 is 0 Å². The van der Waals surface area contributed by atoms with E-state index in [1.807, 2.05) is 0 Å². The van der Waals surface area contributed by atoms with Crippen molar-refractivity contribution < 1.29 is 13.2 Å². The molecule has 1 heterocycles. The van der Waals surface area contributed by atoms with E-state index in [0.717, 1.165) is 11.3 Å². The van der Waals surface area contributed by atoms with Crippen LogP contribution in [0.3, 0.4) is 0 Å². The summed E-state index contributed by atoms with van der Waals surface area (Å²) in [6.07, 6.45) is 0. The Labute approximate surface area is 141 Å². The molecule has 0 aliphatic heterocycles. The molecule has 3 aromatic rings. The first-order valence-corrected chi connectivity index (χ1v) is 9.07. The molecule has 0 saturated carbocycles. The van der Waals surface area contributed by atoms with Crippen LogP contribution in [0.15, 0.2) is 47.4 Å². The number of carbonyl (C=O) groups excluding carboxylic acids is 1. The van der Waals surface area contributed by atoms with Crippen LogP contribution in [-0.4, -0.2) is 19.3 Å². The zero-order valence-electron chi connectivity index (χ0n) is 11.5. The van der Waals surface area contributed by atoms with Crippen molar-refractivity contribution in [2.75, 3.05) is 5.32 Å². The third-order valence-corrected chi connectivity index (χ3v) is 5.11. The number of aromatic nitrogens is 1. The molecule has 0 saturated heterocycles. The summed E-state index contributed by atoms with van der Waals surface area (Å²) < 4.78 is 23.3. The summed E-state index contributed by atoms with van der Waals surface area (Å²) in [5, 5.41) is 8.68. The molecule has 6 nitrogen and oxygen atoms in total. The fraction of sp³-hybridized carbons (Fsp3) is 0. The number of carbonyl (C=O) groups is 1. The van der Waals surface area contributed by atoms with Crippen molar-refractivity contribution in [2.45, 2.75) is 4.90 Å². The summed E-state index contributed by atoms with van der Waals surface area (Å²) in [4.78, 5) is 16.4. The Hall–Kier alpha value is -2.00. The zero-order chi connectivity index (χ0) is 16.6.